The SMILES string of the molecule is CC(C)c1nc(NC2(C)CCC2)cc(=O)[nH]1. The minimum atomic E-state index is -0.0795. The Balaban J connectivity index is 2.23. The van der Waals surface area contributed by atoms with Crippen molar-refractivity contribution in [3.63, 3.8) is 0 Å². The molecule has 1 heterocycles. The Hall–Kier alpha value is -1.32. The number of rotatable bonds is 3. The van der Waals surface area contributed by atoms with Crippen LogP contribution in [0.25, 0.3) is 0 Å². The topological polar surface area (TPSA) is 57.8 Å². The Morgan fingerprint density at radius 3 is 2.69 bits per heavy atom. The maximum atomic E-state index is 11.5. The average Bonchev–Trinajstić information content (AvgIpc) is 2.14. The summed E-state index contributed by atoms with van der Waals surface area (Å²) < 4.78 is 0. The molecule has 1 fully saturated rings. The molecule has 1 aromatic heterocycles. The van der Waals surface area contributed by atoms with Crippen molar-refractivity contribution in [3.05, 3.63) is 22.2 Å². The zero-order chi connectivity index (χ0) is 11.8. The molecule has 0 bridgehead atoms. The summed E-state index contributed by atoms with van der Waals surface area (Å²) in [5, 5.41) is 3.36. The van der Waals surface area contributed by atoms with Crippen LogP contribution in [0, 0.1) is 0 Å². The molecular formula is C12H19N3O. The summed E-state index contributed by atoms with van der Waals surface area (Å²) in [6, 6.07) is 1.54. The molecule has 0 radical (unpaired) electrons. The molecule has 16 heavy (non-hydrogen) atoms. The van der Waals surface area contributed by atoms with E-state index >= 15 is 0 Å². The van der Waals surface area contributed by atoms with E-state index in [9.17, 15) is 4.79 Å². The maximum Gasteiger partial charge on any atom is 0.252 e. The van der Waals surface area contributed by atoms with Gasteiger partial charge in [-0.15, -0.1) is 0 Å². The van der Waals surface area contributed by atoms with Crippen LogP contribution >= 0.6 is 0 Å². The molecule has 1 saturated carbocycles. The lowest BCUT2D eigenvalue weighted by Gasteiger charge is -2.39. The van der Waals surface area contributed by atoms with E-state index in [0.29, 0.717) is 5.82 Å². The minimum absolute atomic E-state index is 0.0795. The van der Waals surface area contributed by atoms with E-state index in [4.69, 9.17) is 0 Å². The van der Waals surface area contributed by atoms with Crippen molar-refractivity contribution in [2.24, 2.45) is 0 Å². The summed E-state index contributed by atoms with van der Waals surface area (Å²) in [7, 11) is 0. The number of nitrogens with one attached hydrogen (secondary N) is 2. The van der Waals surface area contributed by atoms with E-state index in [2.05, 4.69) is 22.2 Å². The Labute approximate surface area is 95.5 Å². The van der Waals surface area contributed by atoms with Crippen LogP contribution in [0.1, 0.15) is 51.8 Å². The van der Waals surface area contributed by atoms with Gasteiger partial charge in [-0.05, 0) is 26.2 Å². The van der Waals surface area contributed by atoms with E-state index in [1.54, 1.807) is 0 Å². The molecule has 1 aliphatic rings. The molecule has 0 saturated heterocycles. The van der Waals surface area contributed by atoms with Crippen molar-refractivity contribution < 1.29 is 0 Å². The second kappa shape index (κ2) is 3.92. The van der Waals surface area contributed by atoms with Gasteiger partial charge >= 0.3 is 0 Å². The summed E-state index contributed by atoms with van der Waals surface area (Å²) >= 11 is 0. The normalized spacial score (nSPS) is 18.2. The van der Waals surface area contributed by atoms with Gasteiger partial charge in [-0.1, -0.05) is 13.8 Å². The minimum Gasteiger partial charge on any atom is -0.365 e. The lowest BCUT2D eigenvalue weighted by Crippen LogP contribution is -2.42. The van der Waals surface area contributed by atoms with Gasteiger partial charge in [0.2, 0.25) is 0 Å². The van der Waals surface area contributed by atoms with Crippen LogP contribution in [0.3, 0.4) is 0 Å². The van der Waals surface area contributed by atoms with E-state index in [-0.39, 0.29) is 17.0 Å². The molecule has 0 spiro atoms. The molecule has 0 amide bonds. The number of hydrogen-bond acceptors (Lipinski definition) is 3. The van der Waals surface area contributed by atoms with Crippen LogP contribution in [0.2, 0.25) is 0 Å². The summed E-state index contributed by atoms with van der Waals surface area (Å²) in [4.78, 5) is 18.7. The fourth-order valence-corrected chi connectivity index (χ4v) is 1.96. The van der Waals surface area contributed by atoms with Crippen molar-refractivity contribution in [2.45, 2.75) is 51.5 Å². The van der Waals surface area contributed by atoms with Gasteiger partial charge in [0.1, 0.15) is 11.6 Å². The molecule has 0 aliphatic heterocycles. The maximum absolute atomic E-state index is 11.5. The molecule has 1 aliphatic carbocycles. The number of H-pyrrole nitrogens is 1. The number of nitrogens with zero attached hydrogens (tertiary/aromatic N) is 1. The molecule has 0 atom stereocenters. The van der Waals surface area contributed by atoms with Gasteiger partial charge in [0.15, 0.2) is 0 Å². The second-order valence-electron chi connectivity index (χ2n) is 5.21. The Morgan fingerprint density at radius 1 is 1.50 bits per heavy atom. The molecule has 88 valence electrons. The molecule has 2 N–H and O–H groups in total. The molecule has 1 aromatic rings. The molecular weight excluding hydrogens is 202 g/mol. The van der Waals surface area contributed by atoms with Crippen LogP contribution in [0.5, 0.6) is 0 Å². The summed E-state index contributed by atoms with van der Waals surface area (Å²) in [6.07, 6.45) is 3.56. The third-order valence-corrected chi connectivity index (χ3v) is 3.19. The molecule has 0 unspecified atom stereocenters. The number of anilines is 1. The van der Waals surface area contributed by atoms with Gasteiger partial charge in [0.25, 0.3) is 5.56 Å². The van der Waals surface area contributed by atoms with E-state index in [1.165, 1.54) is 12.5 Å². The second-order valence-corrected chi connectivity index (χ2v) is 5.21. The first-order valence-corrected chi connectivity index (χ1v) is 5.88. The van der Waals surface area contributed by atoms with Gasteiger partial charge < -0.3 is 10.3 Å². The van der Waals surface area contributed by atoms with Crippen LogP contribution in [-0.4, -0.2) is 15.5 Å². The molecule has 0 aromatic carbocycles. The fourth-order valence-electron chi connectivity index (χ4n) is 1.96. The lowest BCUT2D eigenvalue weighted by atomic mass is 9.78. The van der Waals surface area contributed by atoms with Crippen LogP contribution in [0.15, 0.2) is 10.9 Å². The van der Waals surface area contributed by atoms with Crippen molar-refractivity contribution in [1.82, 2.24) is 9.97 Å². The third-order valence-electron chi connectivity index (χ3n) is 3.19. The van der Waals surface area contributed by atoms with Crippen LogP contribution < -0.4 is 10.9 Å². The Bertz CT molecular complexity index is 432. The van der Waals surface area contributed by atoms with Crippen molar-refractivity contribution in [3.8, 4) is 0 Å². The molecule has 2 rings (SSSR count). The quantitative estimate of drug-likeness (QED) is 0.823. The fraction of sp³-hybridized carbons (Fsp3) is 0.667. The van der Waals surface area contributed by atoms with E-state index in [1.807, 2.05) is 13.8 Å². The number of aromatic amines is 1. The highest BCUT2D eigenvalue weighted by Crippen LogP contribution is 2.33. The highest BCUT2D eigenvalue weighted by molar-refractivity contribution is 5.37. The predicted octanol–water partition coefficient (Wildman–Crippen LogP) is 2.25. The summed E-state index contributed by atoms with van der Waals surface area (Å²) in [5.41, 5.74) is 0.0545. The lowest BCUT2D eigenvalue weighted by molar-refractivity contribution is 0.305. The van der Waals surface area contributed by atoms with Gasteiger partial charge in [-0.25, -0.2) is 4.98 Å². The van der Waals surface area contributed by atoms with Crippen molar-refractivity contribution in [2.75, 3.05) is 5.32 Å². The van der Waals surface area contributed by atoms with Crippen LogP contribution in [0.4, 0.5) is 5.82 Å². The first kappa shape index (κ1) is 11.2. The summed E-state index contributed by atoms with van der Waals surface area (Å²) in [6.45, 7) is 6.22. The van der Waals surface area contributed by atoms with Crippen LogP contribution in [-0.2, 0) is 0 Å². The molecule has 4 heteroatoms. The van der Waals surface area contributed by atoms with Crippen molar-refractivity contribution >= 4 is 5.82 Å². The summed E-state index contributed by atoms with van der Waals surface area (Å²) in [5.74, 6) is 1.69. The van der Waals surface area contributed by atoms with Gasteiger partial charge in [0.05, 0.1) is 0 Å². The largest absolute Gasteiger partial charge is 0.365 e. The number of hydrogen-bond donors (Lipinski definition) is 2. The Morgan fingerprint density at radius 2 is 2.19 bits per heavy atom. The average molecular weight is 221 g/mol. The zero-order valence-electron chi connectivity index (χ0n) is 10.1. The van der Waals surface area contributed by atoms with Gasteiger partial charge in [-0.2, -0.15) is 0 Å². The highest BCUT2D eigenvalue weighted by atomic mass is 16.1. The third kappa shape index (κ3) is 2.26. The predicted molar refractivity (Wildman–Crippen MR) is 64.8 cm³/mol. The Kier molecular flexibility index (Phi) is 2.74. The first-order valence-electron chi connectivity index (χ1n) is 5.88. The van der Waals surface area contributed by atoms with E-state index < -0.39 is 0 Å². The zero-order valence-corrected chi connectivity index (χ0v) is 10.1. The van der Waals surface area contributed by atoms with E-state index in [0.717, 1.165) is 18.7 Å². The van der Waals surface area contributed by atoms with Gasteiger partial charge in [0, 0.05) is 17.5 Å². The highest BCUT2D eigenvalue weighted by Gasteiger charge is 2.31. The monoisotopic (exact) mass is 221 g/mol. The smallest absolute Gasteiger partial charge is 0.252 e. The first-order chi connectivity index (χ1) is 7.48. The standard InChI is InChI=1S/C12H19N3O/c1-8(2)11-13-9(7-10(16)14-11)15-12(3)5-4-6-12/h7-8H,4-6H2,1-3H3,(H2,13,14,15,16). The number of aromatic nitrogens is 2. The van der Waals surface area contributed by atoms with Gasteiger partial charge in [-0.3, -0.25) is 4.79 Å². The molecule has 4 nitrogen and oxygen atoms in total. The van der Waals surface area contributed by atoms with Crippen molar-refractivity contribution in [1.29, 1.82) is 0 Å².